The van der Waals surface area contributed by atoms with Gasteiger partial charge in [0.15, 0.2) is 5.96 Å². The van der Waals surface area contributed by atoms with Crippen LogP contribution in [0, 0.1) is 5.92 Å². The van der Waals surface area contributed by atoms with Crippen LogP contribution in [0.4, 0.5) is 0 Å². The largest absolute Gasteiger partial charge is 0.477 e. The normalized spacial score (nSPS) is 14.2. The van der Waals surface area contributed by atoms with E-state index < -0.39 is 0 Å². The Kier molecular flexibility index (Phi) is 6.26. The molecule has 1 aromatic heterocycles. The quantitative estimate of drug-likeness (QED) is 0.573. The van der Waals surface area contributed by atoms with Gasteiger partial charge in [-0.25, -0.2) is 9.98 Å². The molecule has 5 heteroatoms. The van der Waals surface area contributed by atoms with Gasteiger partial charge in [0.1, 0.15) is 0 Å². The standard InChI is InChI=1S/C20H26N4O/c1-2-21-20(23-13-16-6-4-3-5-7-16)24-14-18-10-11-22-19(12-18)25-15-17-8-9-17/h3-7,10-12,17H,2,8-9,13-15H2,1H3,(H2,21,23,24). The summed E-state index contributed by atoms with van der Waals surface area (Å²) in [6.45, 7) is 5.01. The average Bonchev–Trinajstić information content (AvgIpc) is 3.48. The first-order valence-electron chi connectivity index (χ1n) is 8.97. The number of guanidine groups is 1. The van der Waals surface area contributed by atoms with E-state index in [0.717, 1.165) is 37.1 Å². The van der Waals surface area contributed by atoms with Crippen LogP contribution in [0.2, 0.25) is 0 Å². The molecule has 5 nitrogen and oxygen atoms in total. The molecule has 25 heavy (non-hydrogen) atoms. The SMILES string of the molecule is CCNC(=NCc1ccnc(OCC2CC2)c1)NCc1ccccc1. The molecule has 0 saturated heterocycles. The molecule has 132 valence electrons. The van der Waals surface area contributed by atoms with Crippen molar-refractivity contribution in [3.05, 3.63) is 59.8 Å². The lowest BCUT2D eigenvalue weighted by Gasteiger charge is -2.11. The van der Waals surface area contributed by atoms with E-state index in [1.54, 1.807) is 6.20 Å². The molecule has 0 radical (unpaired) electrons. The van der Waals surface area contributed by atoms with Crippen LogP contribution in [0.3, 0.4) is 0 Å². The molecular formula is C20H26N4O. The van der Waals surface area contributed by atoms with E-state index in [0.29, 0.717) is 12.4 Å². The molecule has 0 bridgehead atoms. The van der Waals surface area contributed by atoms with Crippen molar-refractivity contribution in [2.45, 2.75) is 32.9 Å². The van der Waals surface area contributed by atoms with Gasteiger partial charge in [-0.2, -0.15) is 0 Å². The van der Waals surface area contributed by atoms with Gasteiger partial charge in [-0.15, -0.1) is 0 Å². The second kappa shape index (κ2) is 9.06. The molecule has 1 heterocycles. The van der Waals surface area contributed by atoms with Gasteiger partial charge >= 0.3 is 0 Å². The summed E-state index contributed by atoms with van der Waals surface area (Å²) >= 11 is 0. The third kappa shape index (κ3) is 6.10. The number of nitrogens with zero attached hydrogens (tertiary/aromatic N) is 2. The summed E-state index contributed by atoms with van der Waals surface area (Å²) < 4.78 is 5.74. The minimum absolute atomic E-state index is 0.590. The maximum absolute atomic E-state index is 5.74. The topological polar surface area (TPSA) is 58.5 Å². The molecule has 0 atom stereocenters. The fourth-order valence-electron chi connectivity index (χ4n) is 2.41. The highest BCUT2D eigenvalue weighted by molar-refractivity contribution is 5.79. The van der Waals surface area contributed by atoms with Gasteiger partial charge in [0.25, 0.3) is 0 Å². The van der Waals surface area contributed by atoms with Gasteiger partial charge < -0.3 is 15.4 Å². The Labute approximate surface area is 149 Å². The molecule has 1 aromatic carbocycles. The van der Waals surface area contributed by atoms with Crippen LogP contribution in [0.1, 0.15) is 30.9 Å². The van der Waals surface area contributed by atoms with Crippen LogP contribution in [-0.4, -0.2) is 24.1 Å². The number of rotatable bonds is 8. The predicted molar refractivity (Wildman–Crippen MR) is 101 cm³/mol. The summed E-state index contributed by atoms with van der Waals surface area (Å²) in [6, 6.07) is 14.3. The number of hydrogen-bond acceptors (Lipinski definition) is 3. The van der Waals surface area contributed by atoms with Crippen LogP contribution < -0.4 is 15.4 Å². The maximum Gasteiger partial charge on any atom is 0.213 e. The van der Waals surface area contributed by atoms with Crippen molar-refractivity contribution in [1.82, 2.24) is 15.6 Å². The summed E-state index contributed by atoms with van der Waals surface area (Å²) in [4.78, 5) is 8.94. The Bertz CT molecular complexity index is 683. The zero-order valence-electron chi connectivity index (χ0n) is 14.7. The van der Waals surface area contributed by atoms with Crippen LogP contribution in [0.5, 0.6) is 5.88 Å². The zero-order chi connectivity index (χ0) is 17.3. The predicted octanol–water partition coefficient (Wildman–Crippen LogP) is 3.13. The number of aliphatic imine (C=N–C) groups is 1. The van der Waals surface area contributed by atoms with Crippen molar-refractivity contribution in [2.24, 2.45) is 10.9 Å². The number of nitrogens with one attached hydrogen (secondary N) is 2. The highest BCUT2D eigenvalue weighted by atomic mass is 16.5. The molecule has 2 aromatic rings. The summed E-state index contributed by atoms with van der Waals surface area (Å²) in [7, 11) is 0. The van der Waals surface area contributed by atoms with Crippen molar-refractivity contribution in [1.29, 1.82) is 0 Å². The van der Waals surface area contributed by atoms with Gasteiger partial charge in [-0.1, -0.05) is 30.3 Å². The van der Waals surface area contributed by atoms with Crippen LogP contribution in [0.25, 0.3) is 0 Å². The minimum Gasteiger partial charge on any atom is -0.477 e. The first kappa shape index (κ1) is 17.3. The first-order chi connectivity index (χ1) is 12.3. The highest BCUT2D eigenvalue weighted by Gasteiger charge is 2.22. The third-order valence-corrected chi connectivity index (χ3v) is 4.03. The van der Waals surface area contributed by atoms with Crippen molar-refractivity contribution in [3.63, 3.8) is 0 Å². The molecule has 1 aliphatic carbocycles. The lowest BCUT2D eigenvalue weighted by molar-refractivity contribution is 0.288. The molecule has 0 unspecified atom stereocenters. The Morgan fingerprint density at radius 3 is 2.76 bits per heavy atom. The summed E-state index contributed by atoms with van der Waals surface area (Å²) in [6.07, 6.45) is 4.35. The molecule has 0 aliphatic heterocycles. The van der Waals surface area contributed by atoms with E-state index in [9.17, 15) is 0 Å². The van der Waals surface area contributed by atoms with Crippen LogP contribution in [-0.2, 0) is 13.1 Å². The second-order valence-corrected chi connectivity index (χ2v) is 6.29. The van der Waals surface area contributed by atoms with Crippen molar-refractivity contribution in [2.75, 3.05) is 13.2 Å². The highest BCUT2D eigenvalue weighted by Crippen LogP contribution is 2.29. The summed E-state index contributed by atoms with van der Waals surface area (Å²) in [5.74, 6) is 2.23. The second-order valence-electron chi connectivity index (χ2n) is 6.29. The lowest BCUT2D eigenvalue weighted by atomic mass is 10.2. The lowest BCUT2D eigenvalue weighted by Crippen LogP contribution is -2.36. The molecule has 1 aliphatic rings. The van der Waals surface area contributed by atoms with E-state index in [1.807, 2.05) is 30.3 Å². The first-order valence-corrected chi connectivity index (χ1v) is 8.97. The Balaban J connectivity index is 1.55. The van der Waals surface area contributed by atoms with E-state index >= 15 is 0 Å². The van der Waals surface area contributed by atoms with Crippen molar-refractivity contribution < 1.29 is 4.74 Å². The zero-order valence-corrected chi connectivity index (χ0v) is 14.7. The molecule has 1 fully saturated rings. The van der Waals surface area contributed by atoms with Gasteiger partial charge in [-0.05, 0) is 42.9 Å². The maximum atomic E-state index is 5.74. The molecule has 3 rings (SSSR count). The van der Waals surface area contributed by atoms with E-state index in [-0.39, 0.29) is 0 Å². The number of benzene rings is 1. The van der Waals surface area contributed by atoms with E-state index in [1.165, 1.54) is 18.4 Å². The molecular weight excluding hydrogens is 312 g/mol. The van der Waals surface area contributed by atoms with Gasteiger partial charge in [0.05, 0.1) is 13.2 Å². The van der Waals surface area contributed by atoms with Gasteiger partial charge in [0, 0.05) is 25.4 Å². The monoisotopic (exact) mass is 338 g/mol. The van der Waals surface area contributed by atoms with Gasteiger partial charge in [-0.3, -0.25) is 0 Å². The Morgan fingerprint density at radius 2 is 2.00 bits per heavy atom. The number of hydrogen-bond donors (Lipinski definition) is 2. The van der Waals surface area contributed by atoms with Crippen molar-refractivity contribution in [3.8, 4) is 5.88 Å². The third-order valence-electron chi connectivity index (χ3n) is 4.03. The van der Waals surface area contributed by atoms with Crippen LogP contribution >= 0.6 is 0 Å². The summed E-state index contributed by atoms with van der Waals surface area (Å²) in [5, 5.41) is 6.64. The fraction of sp³-hybridized carbons (Fsp3) is 0.400. The molecule has 0 spiro atoms. The van der Waals surface area contributed by atoms with E-state index in [4.69, 9.17) is 4.74 Å². The summed E-state index contributed by atoms with van der Waals surface area (Å²) in [5.41, 5.74) is 2.32. The molecule has 0 amide bonds. The number of aromatic nitrogens is 1. The molecule has 2 N–H and O–H groups in total. The fourth-order valence-corrected chi connectivity index (χ4v) is 2.41. The Hall–Kier alpha value is -2.56. The smallest absolute Gasteiger partial charge is 0.213 e. The average molecular weight is 338 g/mol. The minimum atomic E-state index is 0.590. The van der Waals surface area contributed by atoms with Crippen LogP contribution in [0.15, 0.2) is 53.7 Å². The molecule has 1 saturated carbocycles. The van der Waals surface area contributed by atoms with E-state index in [2.05, 4.69) is 39.7 Å². The van der Waals surface area contributed by atoms with Gasteiger partial charge in [0.2, 0.25) is 5.88 Å². The number of ether oxygens (including phenoxy) is 1. The van der Waals surface area contributed by atoms with Crippen molar-refractivity contribution >= 4 is 5.96 Å². The Morgan fingerprint density at radius 1 is 1.16 bits per heavy atom. The number of pyridine rings is 1.